The number of halogens is 1. The molecular formula is C10H9FNO. The van der Waals surface area contributed by atoms with E-state index in [4.69, 9.17) is 0 Å². The van der Waals surface area contributed by atoms with Gasteiger partial charge in [0.05, 0.1) is 5.69 Å². The number of fused-ring (bicyclic) bond motifs is 1. The molecule has 2 nitrogen and oxygen atoms in total. The lowest BCUT2D eigenvalue weighted by Crippen LogP contribution is -2.31. The highest BCUT2D eigenvalue weighted by Gasteiger charge is 2.20. The van der Waals surface area contributed by atoms with Gasteiger partial charge in [-0.3, -0.25) is 4.79 Å². The predicted octanol–water partition coefficient (Wildman–Crippen LogP) is 1.53. The number of amides is 1. The minimum absolute atomic E-state index is 0.0651. The zero-order valence-corrected chi connectivity index (χ0v) is 7.30. The Morgan fingerprint density at radius 3 is 3.08 bits per heavy atom. The van der Waals surface area contributed by atoms with Gasteiger partial charge in [-0.05, 0) is 24.1 Å². The summed E-state index contributed by atoms with van der Waals surface area (Å²) in [6.45, 7) is 0. The van der Waals surface area contributed by atoms with Gasteiger partial charge in [0.25, 0.3) is 0 Å². The standard InChI is InChI=1S/C10H9FNO/c1-12-9-4-3-8(11)6-7(9)2-5-10(12)13/h3,6H,2,5H2,1H3. The van der Waals surface area contributed by atoms with E-state index in [0.29, 0.717) is 18.5 Å². The Hall–Kier alpha value is -1.38. The first-order valence-corrected chi connectivity index (χ1v) is 4.15. The third kappa shape index (κ3) is 1.30. The third-order valence-electron chi connectivity index (χ3n) is 2.28. The highest BCUT2D eigenvalue weighted by molar-refractivity contribution is 5.95. The second-order valence-electron chi connectivity index (χ2n) is 3.14. The monoisotopic (exact) mass is 178 g/mol. The Bertz CT molecular complexity index is 362. The smallest absolute Gasteiger partial charge is 0.227 e. The largest absolute Gasteiger partial charge is 0.315 e. The Morgan fingerprint density at radius 2 is 2.31 bits per heavy atom. The van der Waals surface area contributed by atoms with Crippen molar-refractivity contribution in [3.63, 3.8) is 0 Å². The first-order chi connectivity index (χ1) is 6.18. The molecule has 1 aromatic rings. The van der Waals surface area contributed by atoms with Crippen molar-refractivity contribution in [1.82, 2.24) is 0 Å². The molecule has 0 N–H and O–H groups in total. The van der Waals surface area contributed by atoms with E-state index in [0.717, 1.165) is 5.56 Å². The van der Waals surface area contributed by atoms with E-state index >= 15 is 0 Å². The quantitative estimate of drug-likeness (QED) is 0.590. The molecular weight excluding hydrogens is 169 g/mol. The Balaban J connectivity index is 2.49. The minimum atomic E-state index is -0.290. The lowest BCUT2D eigenvalue weighted by atomic mass is 10.0. The molecule has 0 saturated carbocycles. The number of aryl methyl sites for hydroxylation is 1. The van der Waals surface area contributed by atoms with Gasteiger partial charge in [0.1, 0.15) is 5.82 Å². The van der Waals surface area contributed by atoms with Crippen LogP contribution in [0.5, 0.6) is 0 Å². The molecule has 0 atom stereocenters. The van der Waals surface area contributed by atoms with Crippen LogP contribution in [-0.4, -0.2) is 13.0 Å². The number of benzene rings is 1. The molecule has 1 amide bonds. The molecule has 0 saturated heterocycles. The van der Waals surface area contributed by atoms with Crippen LogP contribution in [0.15, 0.2) is 12.1 Å². The summed E-state index contributed by atoms with van der Waals surface area (Å²) in [6, 6.07) is 5.49. The lowest BCUT2D eigenvalue weighted by molar-refractivity contribution is -0.118. The Labute approximate surface area is 76.0 Å². The highest BCUT2D eigenvalue weighted by atomic mass is 19.1. The third-order valence-corrected chi connectivity index (χ3v) is 2.28. The molecule has 0 unspecified atom stereocenters. The Kier molecular flexibility index (Phi) is 1.79. The molecule has 0 spiro atoms. The van der Waals surface area contributed by atoms with Crippen molar-refractivity contribution in [3.8, 4) is 0 Å². The Morgan fingerprint density at radius 1 is 1.54 bits per heavy atom. The van der Waals surface area contributed by atoms with E-state index in [1.807, 2.05) is 0 Å². The van der Waals surface area contributed by atoms with Gasteiger partial charge in [0.15, 0.2) is 0 Å². The fraction of sp³-hybridized carbons (Fsp3) is 0.300. The van der Waals surface area contributed by atoms with Crippen molar-refractivity contribution in [2.45, 2.75) is 12.8 Å². The molecule has 1 aromatic carbocycles. The molecule has 67 valence electrons. The van der Waals surface area contributed by atoms with Crippen molar-refractivity contribution < 1.29 is 9.18 Å². The average Bonchev–Trinajstić information content (AvgIpc) is 2.12. The zero-order valence-electron chi connectivity index (χ0n) is 7.30. The van der Waals surface area contributed by atoms with Crippen LogP contribution in [0, 0.1) is 11.9 Å². The highest BCUT2D eigenvalue weighted by Crippen LogP contribution is 2.26. The van der Waals surface area contributed by atoms with Crippen LogP contribution in [0.1, 0.15) is 12.0 Å². The number of hydrogen-bond donors (Lipinski definition) is 0. The van der Waals surface area contributed by atoms with Gasteiger partial charge in [-0.2, -0.15) is 0 Å². The van der Waals surface area contributed by atoms with Crippen LogP contribution in [0.4, 0.5) is 10.1 Å². The second kappa shape index (κ2) is 2.83. The predicted molar refractivity (Wildman–Crippen MR) is 47.0 cm³/mol. The van der Waals surface area contributed by atoms with Gasteiger partial charge in [0.2, 0.25) is 5.91 Å². The van der Waals surface area contributed by atoms with Crippen molar-refractivity contribution in [3.05, 3.63) is 29.6 Å². The van der Waals surface area contributed by atoms with Gasteiger partial charge in [-0.25, -0.2) is 4.39 Å². The molecule has 13 heavy (non-hydrogen) atoms. The van der Waals surface area contributed by atoms with Crippen molar-refractivity contribution >= 4 is 11.6 Å². The van der Waals surface area contributed by atoms with E-state index in [1.54, 1.807) is 7.05 Å². The normalized spacial score (nSPS) is 15.8. The van der Waals surface area contributed by atoms with Crippen molar-refractivity contribution in [2.24, 2.45) is 0 Å². The van der Waals surface area contributed by atoms with E-state index in [-0.39, 0.29) is 11.7 Å². The summed E-state index contributed by atoms with van der Waals surface area (Å²) in [4.78, 5) is 12.8. The summed E-state index contributed by atoms with van der Waals surface area (Å²) in [5.41, 5.74) is 1.57. The van der Waals surface area contributed by atoms with Gasteiger partial charge < -0.3 is 4.90 Å². The van der Waals surface area contributed by atoms with Crippen LogP contribution in [0.2, 0.25) is 0 Å². The molecule has 1 aliphatic rings. The van der Waals surface area contributed by atoms with E-state index in [9.17, 15) is 9.18 Å². The summed E-state index contributed by atoms with van der Waals surface area (Å²) < 4.78 is 12.8. The molecule has 0 aliphatic carbocycles. The van der Waals surface area contributed by atoms with Gasteiger partial charge >= 0.3 is 0 Å². The average molecular weight is 178 g/mol. The van der Waals surface area contributed by atoms with Gasteiger partial charge in [0, 0.05) is 19.5 Å². The second-order valence-corrected chi connectivity index (χ2v) is 3.14. The number of nitrogens with zero attached hydrogens (tertiary/aromatic N) is 1. The molecule has 3 heteroatoms. The zero-order chi connectivity index (χ0) is 9.42. The minimum Gasteiger partial charge on any atom is -0.315 e. The molecule has 1 heterocycles. The maximum atomic E-state index is 12.8. The first kappa shape index (κ1) is 8.23. The molecule has 2 rings (SSSR count). The van der Waals surface area contributed by atoms with Crippen LogP contribution in [0.25, 0.3) is 0 Å². The van der Waals surface area contributed by atoms with E-state index < -0.39 is 0 Å². The lowest BCUT2D eigenvalue weighted by Gasteiger charge is -2.25. The van der Waals surface area contributed by atoms with Crippen LogP contribution >= 0.6 is 0 Å². The maximum absolute atomic E-state index is 12.8. The summed E-state index contributed by atoms with van der Waals surface area (Å²) >= 11 is 0. The van der Waals surface area contributed by atoms with Crippen LogP contribution < -0.4 is 4.90 Å². The number of anilines is 1. The summed E-state index contributed by atoms with van der Waals surface area (Å²) in [5.74, 6) is -0.225. The van der Waals surface area contributed by atoms with Crippen molar-refractivity contribution in [2.75, 3.05) is 11.9 Å². The molecule has 0 aromatic heterocycles. The maximum Gasteiger partial charge on any atom is 0.227 e. The topological polar surface area (TPSA) is 20.3 Å². The summed E-state index contributed by atoms with van der Waals surface area (Å²) in [7, 11) is 1.69. The van der Waals surface area contributed by atoms with Gasteiger partial charge in [-0.15, -0.1) is 0 Å². The SMILES string of the molecule is CN1C(=O)CCc2cc(F)c[c]c21. The van der Waals surface area contributed by atoms with Gasteiger partial charge in [-0.1, -0.05) is 0 Å². The summed E-state index contributed by atoms with van der Waals surface area (Å²) in [6.07, 6.45) is 1.08. The van der Waals surface area contributed by atoms with Crippen molar-refractivity contribution in [1.29, 1.82) is 0 Å². The number of carbonyl (C=O) groups excluding carboxylic acids is 1. The van der Waals surface area contributed by atoms with Crippen LogP contribution in [0.3, 0.4) is 0 Å². The molecule has 0 fully saturated rings. The van der Waals surface area contributed by atoms with E-state index in [2.05, 4.69) is 6.07 Å². The first-order valence-electron chi connectivity index (χ1n) is 4.15. The molecule has 0 bridgehead atoms. The number of rotatable bonds is 0. The molecule has 1 aliphatic heterocycles. The number of hydrogen-bond acceptors (Lipinski definition) is 1. The van der Waals surface area contributed by atoms with Crippen LogP contribution in [-0.2, 0) is 11.2 Å². The fourth-order valence-corrected chi connectivity index (χ4v) is 1.54. The summed E-state index contributed by atoms with van der Waals surface area (Å²) in [5, 5.41) is 0. The van der Waals surface area contributed by atoms with E-state index in [1.165, 1.54) is 17.0 Å². The number of carbonyl (C=O) groups is 1. The fourth-order valence-electron chi connectivity index (χ4n) is 1.54. The molecule has 1 radical (unpaired) electrons.